The molecule has 5 nitrogen and oxygen atoms in total. The van der Waals surface area contributed by atoms with Crippen LogP contribution in [0.1, 0.15) is 43.1 Å². The molecule has 0 radical (unpaired) electrons. The van der Waals surface area contributed by atoms with Gasteiger partial charge in [0.25, 0.3) is 0 Å². The molecule has 0 aliphatic heterocycles. The largest absolute Gasteiger partial charge is 0.476 e. The fourth-order valence-corrected chi connectivity index (χ4v) is 2.16. The molecule has 1 heterocycles. The predicted octanol–water partition coefficient (Wildman–Crippen LogP) is 2.13. The molecular weight excluding hydrogens is 220 g/mol. The molecule has 1 aliphatic rings. The number of carbonyl (C=O) groups is 1. The number of ether oxygens (including phenoxy) is 1. The van der Waals surface area contributed by atoms with Gasteiger partial charge in [0.05, 0.1) is 12.4 Å². The van der Waals surface area contributed by atoms with Crippen molar-refractivity contribution in [2.24, 2.45) is 5.92 Å². The molecule has 1 fully saturated rings. The summed E-state index contributed by atoms with van der Waals surface area (Å²) in [6.07, 6.45) is 7.21. The summed E-state index contributed by atoms with van der Waals surface area (Å²) in [5.74, 6) is -0.117. The van der Waals surface area contributed by atoms with Crippen molar-refractivity contribution in [1.29, 1.82) is 0 Å². The first-order valence-corrected chi connectivity index (χ1v) is 5.87. The zero-order chi connectivity index (χ0) is 12.3. The molecule has 0 aromatic carbocycles. The number of hydrogen-bond acceptors (Lipinski definition) is 4. The van der Waals surface area contributed by atoms with Gasteiger partial charge in [-0.05, 0) is 25.2 Å². The van der Waals surface area contributed by atoms with E-state index < -0.39 is 5.97 Å². The maximum atomic E-state index is 10.7. The highest BCUT2D eigenvalue weighted by Crippen LogP contribution is 2.26. The molecule has 2 unspecified atom stereocenters. The second-order valence-corrected chi connectivity index (χ2v) is 4.56. The molecule has 17 heavy (non-hydrogen) atoms. The average molecular weight is 236 g/mol. The number of carboxylic acid groups (broad SMARTS) is 1. The summed E-state index contributed by atoms with van der Waals surface area (Å²) in [4.78, 5) is 18.5. The number of hydrogen-bond donors (Lipinski definition) is 1. The number of rotatable bonds is 3. The third-order valence-corrected chi connectivity index (χ3v) is 3.01. The summed E-state index contributed by atoms with van der Waals surface area (Å²) < 4.78 is 5.68. The van der Waals surface area contributed by atoms with Gasteiger partial charge in [-0.25, -0.2) is 9.78 Å². The standard InChI is InChI=1S/C12H16N2O3/c1-8-3-2-4-9(5-8)17-11-7-13-6-10(14-11)12(15)16/h6-9H,2-5H2,1H3,(H,15,16). The van der Waals surface area contributed by atoms with E-state index in [0.717, 1.165) is 19.3 Å². The normalized spacial score (nSPS) is 24.3. The second-order valence-electron chi connectivity index (χ2n) is 4.56. The van der Waals surface area contributed by atoms with Crippen LogP contribution in [-0.4, -0.2) is 27.1 Å². The Kier molecular flexibility index (Phi) is 3.56. The lowest BCUT2D eigenvalue weighted by Crippen LogP contribution is -2.24. The van der Waals surface area contributed by atoms with Crippen molar-refractivity contribution in [2.75, 3.05) is 0 Å². The molecule has 2 atom stereocenters. The van der Waals surface area contributed by atoms with E-state index in [-0.39, 0.29) is 11.8 Å². The topological polar surface area (TPSA) is 72.3 Å². The Labute approximate surface area is 99.9 Å². The SMILES string of the molecule is CC1CCCC(Oc2cncc(C(=O)O)n2)C1. The van der Waals surface area contributed by atoms with Crippen molar-refractivity contribution in [2.45, 2.75) is 38.7 Å². The third-order valence-electron chi connectivity index (χ3n) is 3.01. The van der Waals surface area contributed by atoms with Crippen LogP contribution in [0, 0.1) is 5.92 Å². The molecule has 1 aromatic rings. The minimum absolute atomic E-state index is 0.0774. The van der Waals surface area contributed by atoms with Crippen LogP contribution in [-0.2, 0) is 0 Å². The van der Waals surface area contributed by atoms with E-state index >= 15 is 0 Å². The summed E-state index contributed by atoms with van der Waals surface area (Å²) >= 11 is 0. The van der Waals surface area contributed by atoms with E-state index in [1.54, 1.807) is 0 Å². The first kappa shape index (κ1) is 11.8. The van der Waals surface area contributed by atoms with E-state index in [9.17, 15) is 4.79 Å². The minimum Gasteiger partial charge on any atom is -0.476 e. The van der Waals surface area contributed by atoms with Gasteiger partial charge in [0.15, 0.2) is 5.69 Å². The quantitative estimate of drug-likeness (QED) is 0.870. The summed E-state index contributed by atoms with van der Waals surface area (Å²) in [5, 5.41) is 8.80. The van der Waals surface area contributed by atoms with Crippen LogP contribution in [0.3, 0.4) is 0 Å². The molecule has 1 N–H and O–H groups in total. The highest BCUT2D eigenvalue weighted by atomic mass is 16.5. The number of carboxylic acids is 1. The van der Waals surface area contributed by atoms with Crippen LogP contribution in [0.5, 0.6) is 5.88 Å². The Morgan fingerprint density at radius 2 is 2.29 bits per heavy atom. The fourth-order valence-electron chi connectivity index (χ4n) is 2.16. The van der Waals surface area contributed by atoms with Gasteiger partial charge < -0.3 is 9.84 Å². The van der Waals surface area contributed by atoms with Crippen molar-refractivity contribution in [3.8, 4) is 5.88 Å². The smallest absolute Gasteiger partial charge is 0.356 e. The Morgan fingerprint density at radius 1 is 1.47 bits per heavy atom. The first-order chi connectivity index (χ1) is 8.15. The van der Waals surface area contributed by atoms with Crippen molar-refractivity contribution < 1.29 is 14.6 Å². The minimum atomic E-state index is -1.08. The van der Waals surface area contributed by atoms with Crippen molar-refractivity contribution in [3.63, 3.8) is 0 Å². The van der Waals surface area contributed by atoms with Gasteiger partial charge in [-0.3, -0.25) is 4.98 Å². The van der Waals surface area contributed by atoms with Crippen LogP contribution in [0.15, 0.2) is 12.4 Å². The maximum Gasteiger partial charge on any atom is 0.356 e. The molecule has 0 saturated heterocycles. The second kappa shape index (κ2) is 5.12. The molecule has 5 heteroatoms. The lowest BCUT2D eigenvalue weighted by Gasteiger charge is -2.26. The van der Waals surface area contributed by atoms with Gasteiger partial charge in [-0.2, -0.15) is 0 Å². The van der Waals surface area contributed by atoms with Gasteiger partial charge in [0.2, 0.25) is 5.88 Å². The fraction of sp³-hybridized carbons (Fsp3) is 0.583. The van der Waals surface area contributed by atoms with E-state index in [4.69, 9.17) is 9.84 Å². The molecule has 0 bridgehead atoms. The average Bonchev–Trinajstić information content (AvgIpc) is 2.29. The third kappa shape index (κ3) is 3.15. The van der Waals surface area contributed by atoms with E-state index in [1.807, 2.05) is 0 Å². The Balaban J connectivity index is 2.02. The molecule has 0 spiro atoms. The Bertz CT molecular complexity index is 408. The summed E-state index contributed by atoms with van der Waals surface area (Å²) in [6.45, 7) is 2.20. The lowest BCUT2D eigenvalue weighted by atomic mass is 9.89. The monoisotopic (exact) mass is 236 g/mol. The molecule has 2 rings (SSSR count). The summed E-state index contributed by atoms with van der Waals surface area (Å²) in [5.41, 5.74) is -0.0774. The van der Waals surface area contributed by atoms with Gasteiger partial charge in [-0.15, -0.1) is 0 Å². The number of nitrogens with zero attached hydrogens (tertiary/aromatic N) is 2. The molecular formula is C12H16N2O3. The molecule has 1 aliphatic carbocycles. The van der Waals surface area contributed by atoms with Crippen LogP contribution in [0.25, 0.3) is 0 Å². The maximum absolute atomic E-state index is 10.7. The van der Waals surface area contributed by atoms with Gasteiger partial charge in [0.1, 0.15) is 6.10 Å². The summed E-state index contributed by atoms with van der Waals surface area (Å²) in [7, 11) is 0. The van der Waals surface area contributed by atoms with Crippen LogP contribution < -0.4 is 4.74 Å². The first-order valence-electron chi connectivity index (χ1n) is 5.87. The van der Waals surface area contributed by atoms with E-state index in [2.05, 4.69) is 16.9 Å². The zero-order valence-corrected chi connectivity index (χ0v) is 9.80. The van der Waals surface area contributed by atoms with E-state index in [0.29, 0.717) is 11.8 Å². The van der Waals surface area contributed by atoms with Gasteiger partial charge in [0, 0.05) is 0 Å². The Hall–Kier alpha value is -1.65. The molecule has 0 amide bonds. The number of aromatic nitrogens is 2. The highest BCUT2D eigenvalue weighted by molar-refractivity contribution is 5.84. The van der Waals surface area contributed by atoms with Gasteiger partial charge in [-0.1, -0.05) is 13.3 Å². The van der Waals surface area contributed by atoms with Gasteiger partial charge >= 0.3 is 5.97 Å². The van der Waals surface area contributed by atoms with Crippen molar-refractivity contribution in [3.05, 3.63) is 18.1 Å². The predicted molar refractivity (Wildman–Crippen MR) is 61.0 cm³/mol. The van der Waals surface area contributed by atoms with Crippen LogP contribution in [0.4, 0.5) is 0 Å². The van der Waals surface area contributed by atoms with Crippen molar-refractivity contribution in [1.82, 2.24) is 9.97 Å². The van der Waals surface area contributed by atoms with Crippen LogP contribution in [0.2, 0.25) is 0 Å². The lowest BCUT2D eigenvalue weighted by molar-refractivity contribution is 0.0685. The Morgan fingerprint density at radius 3 is 3.00 bits per heavy atom. The highest BCUT2D eigenvalue weighted by Gasteiger charge is 2.21. The molecule has 1 saturated carbocycles. The molecule has 1 aromatic heterocycles. The zero-order valence-electron chi connectivity index (χ0n) is 9.80. The summed E-state index contributed by atoms with van der Waals surface area (Å²) in [6, 6.07) is 0. The molecule has 92 valence electrons. The van der Waals surface area contributed by atoms with Crippen LogP contribution >= 0.6 is 0 Å². The van der Waals surface area contributed by atoms with E-state index in [1.165, 1.54) is 18.8 Å². The van der Waals surface area contributed by atoms with Crippen molar-refractivity contribution >= 4 is 5.97 Å². The number of aromatic carboxylic acids is 1.